The van der Waals surface area contributed by atoms with E-state index in [1.807, 2.05) is 0 Å². The highest BCUT2D eigenvalue weighted by Crippen LogP contribution is 2.47. The molecule has 0 aliphatic rings. The van der Waals surface area contributed by atoms with Gasteiger partial charge >= 0.3 is 7.60 Å². The smallest absolute Gasteiger partial charge is 0.323 e. The van der Waals surface area contributed by atoms with Gasteiger partial charge in [0.25, 0.3) is 0 Å². The first kappa shape index (κ1) is 12.6. The summed E-state index contributed by atoms with van der Waals surface area (Å²) in [5.41, 5.74) is 5.76. The Bertz CT molecular complexity index is 300. The summed E-state index contributed by atoms with van der Waals surface area (Å²) in [6.07, 6.45) is 0. The average molecular weight is 224 g/mol. The molecule has 0 bridgehead atoms. The quantitative estimate of drug-likeness (QED) is 0.659. The standard InChI is InChI=1S/C7H10NO3P.ClH/c8-7(12(9,10)11)6-4-2-1-3-5-6;/h1-5,7H,8H2,(H2,9,10,11);1H. The van der Waals surface area contributed by atoms with E-state index in [-0.39, 0.29) is 12.4 Å². The Balaban J connectivity index is 0.00000144. The highest BCUT2D eigenvalue weighted by molar-refractivity contribution is 7.52. The molecular weight excluding hydrogens is 213 g/mol. The van der Waals surface area contributed by atoms with Gasteiger partial charge in [0.2, 0.25) is 0 Å². The van der Waals surface area contributed by atoms with Gasteiger partial charge in [-0.3, -0.25) is 4.57 Å². The van der Waals surface area contributed by atoms with Gasteiger partial charge in [-0.15, -0.1) is 12.4 Å². The number of hydrogen-bond donors (Lipinski definition) is 3. The molecule has 0 aliphatic carbocycles. The first-order valence-corrected chi connectivity index (χ1v) is 5.06. The lowest BCUT2D eigenvalue weighted by atomic mass is 10.2. The maximum atomic E-state index is 10.7. The molecule has 0 aliphatic heterocycles. The van der Waals surface area contributed by atoms with Gasteiger partial charge in [-0.05, 0) is 5.56 Å². The van der Waals surface area contributed by atoms with Crippen molar-refractivity contribution in [3.05, 3.63) is 35.9 Å². The van der Waals surface area contributed by atoms with Crippen LogP contribution >= 0.6 is 20.0 Å². The van der Waals surface area contributed by atoms with Crippen LogP contribution in [0.5, 0.6) is 0 Å². The van der Waals surface area contributed by atoms with Gasteiger partial charge in [-0.1, -0.05) is 30.3 Å². The van der Waals surface area contributed by atoms with Crippen LogP contribution in [0.1, 0.15) is 11.3 Å². The summed E-state index contributed by atoms with van der Waals surface area (Å²) in [4.78, 5) is 17.5. The Hall–Kier alpha value is -0.380. The molecule has 4 N–H and O–H groups in total. The van der Waals surface area contributed by atoms with E-state index < -0.39 is 13.4 Å². The first-order valence-electron chi connectivity index (χ1n) is 3.37. The fourth-order valence-corrected chi connectivity index (χ4v) is 1.40. The zero-order valence-electron chi connectivity index (χ0n) is 6.70. The second-order valence-corrected chi connectivity index (χ2v) is 4.18. The SMILES string of the molecule is Cl.NC(c1ccccc1)P(=O)(O)O. The predicted molar refractivity (Wildman–Crippen MR) is 52.7 cm³/mol. The number of hydrogen-bond acceptors (Lipinski definition) is 2. The molecule has 1 rings (SSSR count). The molecular formula is C7H11ClNO3P. The van der Waals surface area contributed by atoms with Crippen LogP contribution in [-0.4, -0.2) is 9.79 Å². The van der Waals surface area contributed by atoms with Crippen LogP contribution in [0.3, 0.4) is 0 Å². The molecule has 0 saturated carbocycles. The molecule has 1 unspecified atom stereocenters. The van der Waals surface area contributed by atoms with Crippen LogP contribution in [0.2, 0.25) is 0 Å². The van der Waals surface area contributed by atoms with Crippen molar-refractivity contribution < 1.29 is 14.4 Å². The minimum absolute atomic E-state index is 0. The Morgan fingerprint density at radius 2 is 1.69 bits per heavy atom. The molecule has 1 aromatic rings. The summed E-state index contributed by atoms with van der Waals surface area (Å²) in [6, 6.07) is 8.30. The maximum Gasteiger partial charge on any atom is 0.346 e. The minimum atomic E-state index is -4.20. The van der Waals surface area contributed by atoms with Gasteiger partial charge in [-0.25, -0.2) is 0 Å². The molecule has 0 amide bonds. The lowest BCUT2D eigenvalue weighted by molar-refractivity contribution is 0.359. The van der Waals surface area contributed by atoms with Crippen molar-refractivity contribution in [1.29, 1.82) is 0 Å². The first-order chi connectivity index (χ1) is 5.52. The normalized spacial score (nSPS) is 13.2. The lowest BCUT2D eigenvalue weighted by Crippen LogP contribution is -2.10. The van der Waals surface area contributed by atoms with Gasteiger partial charge in [0.05, 0.1) is 0 Å². The molecule has 1 aromatic carbocycles. The van der Waals surface area contributed by atoms with Crippen LogP contribution in [0.25, 0.3) is 0 Å². The molecule has 0 saturated heterocycles. The van der Waals surface area contributed by atoms with Gasteiger partial charge < -0.3 is 15.5 Å². The van der Waals surface area contributed by atoms with E-state index in [1.165, 1.54) is 0 Å². The van der Waals surface area contributed by atoms with Crippen molar-refractivity contribution >= 4 is 20.0 Å². The Kier molecular flexibility index (Phi) is 4.61. The molecule has 0 radical (unpaired) electrons. The summed E-state index contributed by atoms with van der Waals surface area (Å²) in [6.45, 7) is 0. The molecule has 0 heterocycles. The number of benzene rings is 1. The summed E-state index contributed by atoms with van der Waals surface area (Å²) in [5.74, 6) is -1.21. The van der Waals surface area contributed by atoms with E-state index in [4.69, 9.17) is 15.5 Å². The van der Waals surface area contributed by atoms with Crippen molar-refractivity contribution in [3.63, 3.8) is 0 Å². The van der Waals surface area contributed by atoms with Crippen molar-refractivity contribution in [2.75, 3.05) is 0 Å². The maximum absolute atomic E-state index is 10.7. The summed E-state index contributed by atoms with van der Waals surface area (Å²) in [7, 11) is -4.20. The van der Waals surface area contributed by atoms with Crippen LogP contribution in [0, 0.1) is 0 Å². The van der Waals surface area contributed by atoms with Crippen molar-refractivity contribution in [2.24, 2.45) is 5.73 Å². The molecule has 0 spiro atoms. The largest absolute Gasteiger partial charge is 0.346 e. The van der Waals surface area contributed by atoms with E-state index in [1.54, 1.807) is 30.3 Å². The molecule has 1 atom stereocenters. The molecule has 6 heteroatoms. The fraction of sp³-hybridized carbons (Fsp3) is 0.143. The Labute approximate surface area is 82.3 Å². The van der Waals surface area contributed by atoms with Gasteiger partial charge in [0.1, 0.15) is 5.78 Å². The Morgan fingerprint density at radius 1 is 1.23 bits per heavy atom. The van der Waals surface area contributed by atoms with Gasteiger partial charge in [0, 0.05) is 0 Å². The molecule has 13 heavy (non-hydrogen) atoms. The minimum Gasteiger partial charge on any atom is -0.323 e. The molecule has 0 fully saturated rings. The van der Waals surface area contributed by atoms with Crippen LogP contribution < -0.4 is 5.73 Å². The highest BCUT2D eigenvalue weighted by atomic mass is 35.5. The summed E-state index contributed by atoms with van der Waals surface area (Å²) < 4.78 is 10.7. The predicted octanol–water partition coefficient (Wildman–Crippen LogP) is 1.24. The van der Waals surface area contributed by atoms with Gasteiger partial charge in [0.15, 0.2) is 0 Å². The lowest BCUT2D eigenvalue weighted by Gasteiger charge is -2.12. The summed E-state index contributed by atoms with van der Waals surface area (Å²) in [5, 5.41) is 0. The number of nitrogens with two attached hydrogens (primary N) is 1. The third kappa shape index (κ3) is 3.46. The van der Waals surface area contributed by atoms with Crippen molar-refractivity contribution in [1.82, 2.24) is 0 Å². The number of halogens is 1. The second kappa shape index (κ2) is 4.74. The van der Waals surface area contributed by atoms with Crippen molar-refractivity contribution in [3.8, 4) is 0 Å². The third-order valence-corrected chi connectivity index (χ3v) is 2.53. The monoisotopic (exact) mass is 223 g/mol. The Morgan fingerprint density at radius 3 is 2.08 bits per heavy atom. The summed E-state index contributed by atoms with van der Waals surface area (Å²) >= 11 is 0. The third-order valence-electron chi connectivity index (χ3n) is 1.50. The zero-order chi connectivity index (χ0) is 9.19. The van der Waals surface area contributed by atoms with Crippen LogP contribution in [-0.2, 0) is 4.57 Å². The molecule has 0 aromatic heterocycles. The van der Waals surface area contributed by atoms with E-state index in [9.17, 15) is 4.57 Å². The van der Waals surface area contributed by atoms with E-state index in [0.29, 0.717) is 5.56 Å². The molecule has 74 valence electrons. The van der Waals surface area contributed by atoms with Gasteiger partial charge in [-0.2, -0.15) is 0 Å². The van der Waals surface area contributed by atoms with Crippen LogP contribution in [0.15, 0.2) is 30.3 Å². The zero-order valence-corrected chi connectivity index (χ0v) is 8.41. The average Bonchev–Trinajstić information content (AvgIpc) is 2.03. The van der Waals surface area contributed by atoms with E-state index >= 15 is 0 Å². The molecule has 4 nitrogen and oxygen atoms in total. The van der Waals surface area contributed by atoms with E-state index in [2.05, 4.69) is 0 Å². The topological polar surface area (TPSA) is 83.6 Å². The second-order valence-electron chi connectivity index (χ2n) is 2.44. The van der Waals surface area contributed by atoms with Crippen LogP contribution in [0.4, 0.5) is 0 Å². The highest BCUT2D eigenvalue weighted by Gasteiger charge is 2.25. The fourth-order valence-electron chi connectivity index (χ4n) is 0.844. The van der Waals surface area contributed by atoms with Crippen molar-refractivity contribution in [2.45, 2.75) is 5.78 Å². The van der Waals surface area contributed by atoms with E-state index in [0.717, 1.165) is 0 Å². The number of rotatable bonds is 2.